The second-order valence-electron chi connectivity index (χ2n) is 5.79. The summed E-state index contributed by atoms with van der Waals surface area (Å²) < 4.78 is 5.50. The first-order chi connectivity index (χ1) is 10.5. The highest BCUT2D eigenvalue weighted by Gasteiger charge is 2.34. The number of ether oxygens (including phenoxy) is 1. The van der Waals surface area contributed by atoms with Crippen LogP contribution in [-0.2, 0) is 9.59 Å². The van der Waals surface area contributed by atoms with Crippen LogP contribution in [0.5, 0.6) is 5.75 Å². The molecule has 0 aromatic carbocycles. The van der Waals surface area contributed by atoms with Gasteiger partial charge in [-0.2, -0.15) is 0 Å². The fraction of sp³-hybridized carbons (Fsp3) is 0.533. The summed E-state index contributed by atoms with van der Waals surface area (Å²) in [5.41, 5.74) is 5.68. The van der Waals surface area contributed by atoms with E-state index in [1.54, 1.807) is 19.1 Å². The van der Waals surface area contributed by atoms with E-state index in [-0.39, 0.29) is 30.2 Å². The third-order valence-corrected chi connectivity index (χ3v) is 4.06. The van der Waals surface area contributed by atoms with E-state index in [0.717, 1.165) is 25.7 Å². The molecule has 1 aliphatic heterocycles. The van der Waals surface area contributed by atoms with Crippen LogP contribution in [0.2, 0.25) is 0 Å². The number of fused-ring (bicyclic) bond motifs is 1. The number of rotatable bonds is 3. The average molecular weight is 304 g/mol. The predicted octanol–water partition coefficient (Wildman–Crippen LogP) is 0.836. The Morgan fingerprint density at radius 1 is 1.45 bits per heavy atom. The Morgan fingerprint density at radius 2 is 2.18 bits per heavy atom. The van der Waals surface area contributed by atoms with Crippen molar-refractivity contribution in [1.29, 1.82) is 0 Å². The van der Waals surface area contributed by atoms with Crippen LogP contribution in [0.15, 0.2) is 12.1 Å². The van der Waals surface area contributed by atoms with Crippen molar-refractivity contribution in [2.75, 3.05) is 17.2 Å². The smallest absolute Gasteiger partial charge is 0.269 e. The Morgan fingerprint density at radius 3 is 2.91 bits per heavy atom. The van der Waals surface area contributed by atoms with Gasteiger partial charge in [-0.1, -0.05) is 12.8 Å². The van der Waals surface area contributed by atoms with Crippen LogP contribution in [0.1, 0.15) is 32.6 Å². The van der Waals surface area contributed by atoms with Gasteiger partial charge in [-0.15, -0.1) is 0 Å². The van der Waals surface area contributed by atoms with E-state index in [1.165, 1.54) is 4.90 Å². The maximum Gasteiger partial charge on any atom is 0.269 e. The van der Waals surface area contributed by atoms with Crippen LogP contribution in [0.3, 0.4) is 0 Å². The Labute approximate surface area is 128 Å². The number of carbonyl (C=O) groups is 2. The van der Waals surface area contributed by atoms with Gasteiger partial charge in [-0.05, 0) is 31.9 Å². The van der Waals surface area contributed by atoms with E-state index in [1.807, 2.05) is 0 Å². The van der Waals surface area contributed by atoms with E-state index >= 15 is 0 Å². The van der Waals surface area contributed by atoms with E-state index in [2.05, 4.69) is 10.3 Å². The quantitative estimate of drug-likeness (QED) is 0.862. The summed E-state index contributed by atoms with van der Waals surface area (Å²) in [5, 5.41) is 2.97. The first-order valence-electron chi connectivity index (χ1n) is 7.58. The lowest BCUT2D eigenvalue weighted by molar-refractivity contribution is -0.128. The predicted molar refractivity (Wildman–Crippen MR) is 81.5 cm³/mol. The molecule has 7 nitrogen and oxygen atoms in total. The van der Waals surface area contributed by atoms with Gasteiger partial charge >= 0.3 is 0 Å². The van der Waals surface area contributed by atoms with Gasteiger partial charge in [0.05, 0.1) is 0 Å². The summed E-state index contributed by atoms with van der Waals surface area (Å²) in [4.78, 5) is 30.0. The van der Waals surface area contributed by atoms with Gasteiger partial charge < -0.3 is 15.8 Å². The molecule has 0 spiro atoms. The molecule has 7 heteroatoms. The number of nitrogens with one attached hydrogen (secondary N) is 1. The minimum atomic E-state index is -0.641. The highest BCUT2D eigenvalue weighted by molar-refractivity contribution is 6.02. The standard InChI is InChI=1S/C15H20N4O3/c1-9-15(21)19(8-13(20)17-10-4-2-3-5-10)14-11(22-9)6-7-12(16)18-14/h6-7,9-10H,2-5,8H2,1H3,(H2,16,18)(H,17,20). The molecule has 1 fully saturated rings. The molecule has 1 unspecified atom stereocenters. The van der Waals surface area contributed by atoms with Crippen LogP contribution >= 0.6 is 0 Å². The van der Waals surface area contributed by atoms with Gasteiger partial charge in [0.25, 0.3) is 5.91 Å². The summed E-state index contributed by atoms with van der Waals surface area (Å²) in [6.45, 7) is 1.59. The molecule has 0 radical (unpaired) electrons. The fourth-order valence-electron chi connectivity index (χ4n) is 2.94. The summed E-state index contributed by atoms with van der Waals surface area (Å²) >= 11 is 0. The second kappa shape index (κ2) is 5.82. The van der Waals surface area contributed by atoms with Crippen molar-refractivity contribution in [3.63, 3.8) is 0 Å². The number of nitrogens with two attached hydrogens (primary N) is 1. The van der Waals surface area contributed by atoms with Gasteiger partial charge in [0.15, 0.2) is 17.7 Å². The van der Waals surface area contributed by atoms with Crippen LogP contribution in [0.25, 0.3) is 0 Å². The lowest BCUT2D eigenvalue weighted by Gasteiger charge is -2.31. The van der Waals surface area contributed by atoms with Gasteiger partial charge in [0.2, 0.25) is 5.91 Å². The Kier molecular flexibility index (Phi) is 3.87. The van der Waals surface area contributed by atoms with Crippen molar-refractivity contribution in [3.05, 3.63) is 12.1 Å². The first kappa shape index (κ1) is 14.6. The van der Waals surface area contributed by atoms with Gasteiger partial charge in [-0.25, -0.2) is 4.98 Å². The topological polar surface area (TPSA) is 97.6 Å². The molecule has 1 atom stereocenters. The SMILES string of the molecule is CC1Oc2ccc(N)nc2N(CC(=O)NC2CCCC2)C1=O. The molecule has 1 saturated carbocycles. The normalized spacial score (nSPS) is 21.4. The molecular weight excluding hydrogens is 284 g/mol. The highest BCUT2D eigenvalue weighted by atomic mass is 16.5. The first-order valence-corrected chi connectivity index (χ1v) is 7.58. The van der Waals surface area contributed by atoms with E-state index in [4.69, 9.17) is 10.5 Å². The third-order valence-electron chi connectivity index (χ3n) is 4.06. The van der Waals surface area contributed by atoms with Gasteiger partial charge in [0, 0.05) is 6.04 Å². The van der Waals surface area contributed by atoms with Crippen molar-refractivity contribution >= 4 is 23.5 Å². The molecule has 2 aliphatic rings. The molecule has 118 valence electrons. The highest BCUT2D eigenvalue weighted by Crippen LogP contribution is 2.32. The minimum absolute atomic E-state index is 0.0630. The van der Waals surface area contributed by atoms with Crippen molar-refractivity contribution in [1.82, 2.24) is 10.3 Å². The molecule has 0 saturated heterocycles. The molecule has 3 rings (SSSR count). The molecular formula is C15H20N4O3. The van der Waals surface area contributed by atoms with Crippen molar-refractivity contribution in [2.24, 2.45) is 0 Å². The van der Waals surface area contributed by atoms with Crippen LogP contribution in [0.4, 0.5) is 11.6 Å². The number of anilines is 2. The zero-order valence-corrected chi connectivity index (χ0v) is 12.5. The molecule has 22 heavy (non-hydrogen) atoms. The monoisotopic (exact) mass is 304 g/mol. The molecule has 1 aliphatic carbocycles. The fourth-order valence-corrected chi connectivity index (χ4v) is 2.94. The van der Waals surface area contributed by atoms with Gasteiger partial charge in [0.1, 0.15) is 12.4 Å². The lowest BCUT2D eigenvalue weighted by Crippen LogP contribution is -2.50. The molecule has 3 N–H and O–H groups in total. The van der Waals surface area contributed by atoms with Crippen molar-refractivity contribution in [2.45, 2.75) is 44.8 Å². The van der Waals surface area contributed by atoms with E-state index in [0.29, 0.717) is 11.6 Å². The second-order valence-corrected chi connectivity index (χ2v) is 5.79. The molecule has 2 amide bonds. The lowest BCUT2D eigenvalue weighted by atomic mass is 10.2. The number of nitrogens with zero attached hydrogens (tertiary/aromatic N) is 2. The summed E-state index contributed by atoms with van der Waals surface area (Å²) in [6, 6.07) is 3.50. The van der Waals surface area contributed by atoms with Crippen LogP contribution in [0, 0.1) is 0 Å². The number of carbonyl (C=O) groups excluding carboxylic acids is 2. The molecule has 2 heterocycles. The van der Waals surface area contributed by atoms with Crippen molar-refractivity contribution in [3.8, 4) is 5.75 Å². The Hall–Kier alpha value is -2.31. The molecule has 1 aromatic rings. The van der Waals surface area contributed by atoms with E-state index < -0.39 is 6.10 Å². The maximum atomic E-state index is 12.3. The number of amides is 2. The van der Waals surface area contributed by atoms with Crippen LogP contribution < -0.4 is 20.7 Å². The van der Waals surface area contributed by atoms with Gasteiger partial charge in [-0.3, -0.25) is 14.5 Å². The zero-order valence-electron chi connectivity index (χ0n) is 12.5. The maximum absolute atomic E-state index is 12.3. The molecule has 0 bridgehead atoms. The summed E-state index contributed by atoms with van der Waals surface area (Å²) in [6.07, 6.45) is 3.64. The number of aromatic nitrogens is 1. The summed E-state index contributed by atoms with van der Waals surface area (Å²) in [7, 11) is 0. The minimum Gasteiger partial charge on any atom is -0.477 e. The van der Waals surface area contributed by atoms with Crippen LogP contribution in [-0.4, -0.2) is 35.5 Å². The Bertz CT molecular complexity index is 598. The number of hydrogen-bond donors (Lipinski definition) is 2. The van der Waals surface area contributed by atoms with Crippen molar-refractivity contribution < 1.29 is 14.3 Å². The summed E-state index contributed by atoms with van der Waals surface area (Å²) in [5.74, 6) is 0.599. The average Bonchev–Trinajstić information content (AvgIpc) is 2.97. The number of hydrogen-bond acceptors (Lipinski definition) is 5. The van der Waals surface area contributed by atoms with E-state index in [9.17, 15) is 9.59 Å². The zero-order chi connectivity index (χ0) is 15.7. The number of pyridine rings is 1. The largest absolute Gasteiger partial charge is 0.477 e. The third kappa shape index (κ3) is 2.84. The molecule has 1 aromatic heterocycles. The number of nitrogen functional groups attached to an aromatic ring is 1. The Balaban J connectivity index is 1.77.